The number of likely N-dealkylation sites (tertiary alicyclic amines) is 1. The molecule has 0 saturated carbocycles. The van der Waals surface area contributed by atoms with Gasteiger partial charge in [0.1, 0.15) is 5.60 Å². The standard InChI is InChI=1S/C21H27N3O5/c1-21(2,3)29-20(28)23-12-10-22(11-13-23)19(27)16-6-4-15(5-7-16)14-24-17(25)8-9-18(24)26/h4-7H,8-14H2,1-3H3. The lowest BCUT2D eigenvalue weighted by Crippen LogP contribution is -2.51. The Morgan fingerprint density at radius 3 is 1.93 bits per heavy atom. The van der Waals surface area contributed by atoms with Gasteiger partial charge in [-0.1, -0.05) is 12.1 Å². The molecule has 0 spiro atoms. The summed E-state index contributed by atoms with van der Waals surface area (Å²) in [6.45, 7) is 7.45. The number of imide groups is 1. The number of nitrogens with zero attached hydrogens (tertiary/aromatic N) is 3. The Morgan fingerprint density at radius 1 is 0.897 bits per heavy atom. The van der Waals surface area contributed by atoms with Gasteiger partial charge in [-0.05, 0) is 38.5 Å². The first-order valence-electron chi connectivity index (χ1n) is 9.83. The number of amides is 4. The molecule has 0 aromatic heterocycles. The molecule has 0 radical (unpaired) electrons. The molecule has 1 aromatic rings. The Morgan fingerprint density at radius 2 is 1.41 bits per heavy atom. The third kappa shape index (κ3) is 5.13. The average Bonchev–Trinajstić information content (AvgIpc) is 2.99. The lowest BCUT2D eigenvalue weighted by atomic mass is 10.1. The van der Waals surface area contributed by atoms with Gasteiger partial charge in [0.25, 0.3) is 5.91 Å². The predicted molar refractivity (Wildman–Crippen MR) is 105 cm³/mol. The summed E-state index contributed by atoms with van der Waals surface area (Å²) in [4.78, 5) is 52.9. The van der Waals surface area contributed by atoms with E-state index in [9.17, 15) is 19.2 Å². The fourth-order valence-electron chi connectivity index (χ4n) is 3.34. The maximum Gasteiger partial charge on any atom is 0.410 e. The molecule has 0 N–H and O–H groups in total. The van der Waals surface area contributed by atoms with Gasteiger partial charge in [0, 0.05) is 44.6 Å². The van der Waals surface area contributed by atoms with Crippen molar-refractivity contribution < 1.29 is 23.9 Å². The first-order valence-corrected chi connectivity index (χ1v) is 9.83. The Hall–Kier alpha value is -2.90. The minimum atomic E-state index is -0.546. The summed E-state index contributed by atoms with van der Waals surface area (Å²) >= 11 is 0. The van der Waals surface area contributed by atoms with Crippen LogP contribution in [0.1, 0.15) is 49.5 Å². The van der Waals surface area contributed by atoms with Crippen molar-refractivity contribution >= 4 is 23.8 Å². The van der Waals surface area contributed by atoms with Gasteiger partial charge < -0.3 is 14.5 Å². The van der Waals surface area contributed by atoms with Gasteiger partial charge in [0.05, 0.1) is 6.54 Å². The zero-order valence-corrected chi connectivity index (χ0v) is 17.1. The van der Waals surface area contributed by atoms with Crippen molar-refractivity contribution in [2.75, 3.05) is 26.2 Å². The molecule has 1 aromatic carbocycles. The third-order valence-corrected chi connectivity index (χ3v) is 4.91. The highest BCUT2D eigenvalue weighted by atomic mass is 16.6. The van der Waals surface area contributed by atoms with E-state index in [-0.39, 0.29) is 43.2 Å². The number of hydrogen-bond acceptors (Lipinski definition) is 5. The van der Waals surface area contributed by atoms with Crippen LogP contribution in [0.3, 0.4) is 0 Å². The predicted octanol–water partition coefficient (Wildman–Crippen LogP) is 2.03. The largest absolute Gasteiger partial charge is 0.444 e. The molecule has 0 unspecified atom stereocenters. The second-order valence-corrected chi connectivity index (χ2v) is 8.33. The van der Waals surface area contributed by atoms with E-state index in [1.54, 1.807) is 34.1 Å². The van der Waals surface area contributed by atoms with E-state index in [4.69, 9.17) is 4.74 Å². The van der Waals surface area contributed by atoms with Crippen molar-refractivity contribution in [3.8, 4) is 0 Å². The SMILES string of the molecule is CC(C)(C)OC(=O)N1CCN(C(=O)c2ccc(CN3C(=O)CCC3=O)cc2)CC1. The van der Waals surface area contributed by atoms with Crippen LogP contribution in [-0.4, -0.2) is 70.3 Å². The van der Waals surface area contributed by atoms with Gasteiger partial charge in [0.2, 0.25) is 11.8 Å². The van der Waals surface area contributed by atoms with E-state index in [0.29, 0.717) is 31.7 Å². The quantitative estimate of drug-likeness (QED) is 0.724. The molecule has 2 heterocycles. The molecule has 0 bridgehead atoms. The molecular formula is C21H27N3O5. The molecule has 8 heteroatoms. The zero-order chi connectivity index (χ0) is 21.2. The van der Waals surface area contributed by atoms with E-state index in [1.807, 2.05) is 20.8 Å². The maximum absolute atomic E-state index is 12.7. The monoisotopic (exact) mass is 401 g/mol. The normalized spacial score (nSPS) is 17.7. The molecule has 2 saturated heterocycles. The zero-order valence-electron chi connectivity index (χ0n) is 17.1. The molecular weight excluding hydrogens is 374 g/mol. The van der Waals surface area contributed by atoms with Gasteiger partial charge in [-0.2, -0.15) is 0 Å². The average molecular weight is 401 g/mol. The first-order chi connectivity index (χ1) is 13.6. The Balaban J connectivity index is 1.54. The van der Waals surface area contributed by atoms with Crippen LogP contribution in [0.15, 0.2) is 24.3 Å². The lowest BCUT2D eigenvalue weighted by Gasteiger charge is -2.35. The second kappa shape index (κ2) is 8.23. The van der Waals surface area contributed by atoms with Gasteiger partial charge in [-0.25, -0.2) is 4.79 Å². The van der Waals surface area contributed by atoms with Crippen LogP contribution in [0.25, 0.3) is 0 Å². The summed E-state index contributed by atoms with van der Waals surface area (Å²) in [7, 11) is 0. The second-order valence-electron chi connectivity index (χ2n) is 8.33. The van der Waals surface area contributed by atoms with Crippen molar-refractivity contribution in [3.63, 3.8) is 0 Å². The van der Waals surface area contributed by atoms with Crippen LogP contribution in [0.2, 0.25) is 0 Å². The summed E-state index contributed by atoms with van der Waals surface area (Å²) in [5.74, 6) is -0.412. The summed E-state index contributed by atoms with van der Waals surface area (Å²) in [6, 6.07) is 6.96. The fourth-order valence-corrected chi connectivity index (χ4v) is 3.34. The first kappa shape index (κ1) is 20.8. The molecule has 29 heavy (non-hydrogen) atoms. The van der Waals surface area contributed by atoms with Crippen LogP contribution in [0.4, 0.5) is 4.79 Å². The van der Waals surface area contributed by atoms with E-state index < -0.39 is 5.60 Å². The van der Waals surface area contributed by atoms with Crippen molar-refractivity contribution in [1.29, 1.82) is 0 Å². The molecule has 2 fully saturated rings. The highest BCUT2D eigenvalue weighted by molar-refractivity contribution is 6.01. The summed E-state index contributed by atoms with van der Waals surface area (Å²) in [5, 5.41) is 0. The third-order valence-electron chi connectivity index (χ3n) is 4.91. The Labute approximate surface area is 170 Å². The smallest absolute Gasteiger partial charge is 0.410 e. The van der Waals surface area contributed by atoms with Gasteiger partial charge in [0.15, 0.2) is 0 Å². The van der Waals surface area contributed by atoms with E-state index >= 15 is 0 Å². The van der Waals surface area contributed by atoms with Crippen LogP contribution in [-0.2, 0) is 20.9 Å². The summed E-state index contributed by atoms with van der Waals surface area (Å²) in [6.07, 6.45) is 0.176. The number of carbonyl (C=O) groups excluding carboxylic acids is 4. The number of ether oxygens (including phenoxy) is 1. The van der Waals surface area contributed by atoms with Crippen LogP contribution >= 0.6 is 0 Å². The molecule has 0 aliphatic carbocycles. The van der Waals surface area contributed by atoms with Crippen LogP contribution < -0.4 is 0 Å². The number of hydrogen-bond donors (Lipinski definition) is 0. The number of rotatable bonds is 3. The van der Waals surface area contributed by atoms with E-state index in [0.717, 1.165) is 5.56 Å². The topological polar surface area (TPSA) is 87.2 Å². The van der Waals surface area contributed by atoms with E-state index in [1.165, 1.54) is 4.90 Å². The van der Waals surface area contributed by atoms with Gasteiger partial charge in [-0.15, -0.1) is 0 Å². The lowest BCUT2D eigenvalue weighted by molar-refractivity contribution is -0.139. The van der Waals surface area contributed by atoms with Crippen molar-refractivity contribution in [2.45, 2.75) is 45.8 Å². The Bertz CT molecular complexity index is 789. The van der Waals surface area contributed by atoms with Crippen molar-refractivity contribution in [1.82, 2.24) is 14.7 Å². The highest BCUT2D eigenvalue weighted by Crippen LogP contribution is 2.17. The van der Waals surface area contributed by atoms with Crippen LogP contribution in [0.5, 0.6) is 0 Å². The minimum absolute atomic E-state index is 0.103. The molecule has 4 amide bonds. The number of benzene rings is 1. The number of piperazine rings is 1. The Kier molecular flexibility index (Phi) is 5.91. The summed E-state index contributed by atoms with van der Waals surface area (Å²) < 4.78 is 5.37. The molecule has 2 aliphatic rings. The van der Waals surface area contributed by atoms with Gasteiger partial charge in [-0.3, -0.25) is 19.3 Å². The highest BCUT2D eigenvalue weighted by Gasteiger charge is 2.30. The van der Waals surface area contributed by atoms with E-state index in [2.05, 4.69) is 0 Å². The van der Waals surface area contributed by atoms with Crippen molar-refractivity contribution in [3.05, 3.63) is 35.4 Å². The molecule has 8 nitrogen and oxygen atoms in total. The minimum Gasteiger partial charge on any atom is -0.444 e. The van der Waals surface area contributed by atoms with Gasteiger partial charge >= 0.3 is 6.09 Å². The molecule has 3 rings (SSSR count). The fraction of sp³-hybridized carbons (Fsp3) is 0.524. The number of carbonyl (C=O) groups is 4. The maximum atomic E-state index is 12.7. The molecule has 0 atom stereocenters. The summed E-state index contributed by atoms with van der Waals surface area (Å²) in [5.41, 5.74) is 0.800. The molecule has 2 aliphatic heterocycles. The van der Waals surface area contributed by atoms with Crippen LogP contribution in [0, 0.1) is 0 Å². The molecule has 156 valence electrons. The van der Waals surface area contributed by atoms with Crippen molar-refractivity contribution in [2.24, 2.45) is 0 Å².